The number of thioether (sulfide) groups is 1. The summed E-state index contributed by atoms with van der Waals surface area (Å²) in [4.78, 5) is 40.6. The van der Waals surface area contributed by atoms with Gasteiger partial charge >= 0.3 is 5.97 Å². The van der Waals surface area contributed by atoms with E-state index in [2.05, 4.69) is 20.8 Å². The van der Waals surface area contributed by atoms with E-state index in [1.807, 2.05) is 34.9 Å². The Morgan fingerprint density at radius 1 is 1.02 bits per heavy atom. The van der Waals surface area contributed by atoms with Crippen molar-refractivity contribution in [1.29, 1.82) is 0 Å². The van der Waals surface area contributed by atoms with Crippen molar-refractivity contribution in [2.75, 3.05) is 26.1 Å². The maximum atomic E-state index is 13.5. The van der Waals surface area contributed by atoms with Gasteiger partial charge in [0.05, 0.1) is 44.7 Å². The van der Waals surface area contributed by atoms with Crippen molar-refractivity contribution in [2.45, 2.75) is 63.0 Å². The summed E-state index contributed by atoms with van der Waals surface area (Å²) in [6.45, 7) is 4.37. The number of nitrogens with zero attached hydrogens (tertiary/aromatic N) is 3. The van der Waals surface area contributed by atoms with Crippen LogP contribution in [-0.4, -0.2) is 58.6 Å². The Hall–Kier alpha value is -4.36. The molecule has 1 aliphatic carbocycles. The van der Waals surface area contributed by atoms with Crippen LogP contribution in [0, 0.1) is 0 Å². The van der Waals surface area contributed by atoms with E-state index in [-0.39, 0.29) is 25.0 Å². The van der Waals surface area contributed by atoms with Crippen LogP contribution in [0.25, 0.3) is 0 Å². The van der Waals surface area contributed by atoms with Gasteiger partial charge in [-0.25, -0.2) is 4.79 Å². The molecule has 4 aromatic rings. The zero-order chi connectivity index (χ0) is 32.6. The standard InChI is InChI=1S/C33H37N5O6S2/c1-5-44-32(41)28-23-13-9-10-14-26(23)46-31(28)35-29(39)20(2)45-33-37-36-27(38(33)19-21-11-7-6-8-12-21)18-34-30(40)22-15-16-24(42-3)25(17-22)43-4/h6-8,11-12,15-17,20H,5,9-10,13-14,18-19H2,1-4H3,(H,34,40)(H,35,39)/t20-/m0/s1. The van der Waals surface area contributed by atoms with Crippen LogP contribution in [0.4, 0.5) is 5.00 Å². The summed E-state index contributed by atoms with van der Waals surface area (Å²) in [6, 6.07) is 14.8. The van der Waals surface area contributed by atoms with Crippen LogP contribution in [0.15, 0.2) is 53.7 Å². The number of amides is 2. The summed E-state index contributed by atoms with van der Waals surface area (Å²) in [5.74, 6) is 0.533. The number of rotatable bonds is 13. The van der Waals surface area contributed by atoms with Crippen LogP contribution in [0.2, 0.25) is 0 Å². The summed E-state index contributed by atoms with van der Waals surface area (Å²) in [5, 5.41) is 15.2. The summed E-state index contributed by atoms with van der Waals surface area (Å²) in [6.07, 6.45) is 3.75. The highest BCUT2D eigenvalue weighted by Crippen LogP contribution is 2.39. The van der Waals surface area contributed by atoms with Gasteiger partial charge in [0.2, 0.25) is 5.91 Å². The highest BCUT2D eigenvalue weighted by Gasteiger charge is 2.29. The van der Waals surface area contributed by atoms with Crippen LogP contribution in [-0.2, 0) is 35.5 Å². The number of carbonyl (C=O) groups excluding carboxylic acids is 3. The molecule has 0 spiro atoms. The van der Waals surface area contributed by atoms with Gasteiger partial charge < -0.3 is 29.4 Å². The van der Waals surface area contributed by atoms with E-state index >= 15 is 0 Å². The van der Waals surface area contributed by atoms with Gasteiger partial charge in [-0.15, -0.1) is 21.5 Å². The van der Waals surface area contributed by atoms with Crippen molar-refractivity contribution in [3.05, 3.63) is 81.5 Å². The maximum absolute atomic E-state index is 13.5. The van der Waals surface area contributed by atoms with Gasteiger partial charge in [0.25, 0.3) is 5.91 Å². The van der Waals surface area contributed by atoms with Crippen LogP contribution >= 0.6 is 23.1 Å². The van der Waals surface area contributed by atoms with E-state index < -0.39 is 11.2 Å². The van der Waals surface area contributed by atoms with Crippen molar-refractivity contribution < 1.29 is 28.6 Å². The molecule has 0 bridgehead atoms. The van der Waals surface area contributed by atoms with Crippen molar-refractivity contribution >= 4 is 45.9 Å². The molecule has 0 aliphatic heterocycles. The molecular weight excluding hydrogens is 627 g/mol. The summed E-state index contributed by atoms with van der Waals surface area (Å²) < 4.78 is 17.8. The first kappa shape index (κ1) is 33.0. The molecular formula is C33H37N5O6S2. The van der Waals surface area contributed by atoms with E-state index in [0.717, 1.165) is 41.7 Å². The monoisotopic (exact) mass is 663 g/mol. The molecule has 11 nitrogen and oxygen atoms in total. The molecule has 0 saturated heterocycles. The number of aryl methyl sites for hydroxylation is 1. The van der Waals surface area contributed by atoms with Gasteiger partial charge in [-0.3, -0.25) is 9.59 Å². The van der Waals surface area contributed by atoms with Gasteiger partial charge in [-0.1, -0.05) is 42.1 Å². The van der Waals surface area contributed by atoms with E-state index in [9.17, 15) is 14.4 Å². The van der Waals surface area contributed by atoms with Crippen molar-refractivity contribution in [3.8, 4) is 11.5 Å². The Bertz CT molecular complexity index is 1700. The fourth-order valence-corrected chi connectivity index (χ4v) is 7.35. The number of fused-ring (bicyclic) bond motifs is 1. The third kappa shape index (κ3) is 7.53. The normalized spacial score (nSPS) is 13.0. The molecule has 0 fully saturated rings. The van der Waals surface area contributed by atoms with Gasteiger partial charge in [-0.2, -0.15) is 0 Å². The lowest BCUT2D eigenvalue weighted by Crippen LogP contribution is -2.25. The number of thiophene rings is 1. The number of hydrogen-bond donors (Lipinski definition) is 2. The van der Waals surface area contributed by atoms with Crippen LogP contribution in [0.5, 0.6) is 11.5 Å². The first-order valence-electron chi connectivity index (χ1n) is 15.1. The average molecular weight is 664 g/mol. The second-order valence-corrected chi connectivity index (χ2v) is 13.0. The smallest absolute Gasteiger partial charge is 0.341 e. The maximum Gasteiger partial charge on any atom is 0.341 e. The molecule has 0 radical (unpaired) electrons. The molecule has 13 heteroatoms. The van der Waals surface area contributed by atoms with Gasteiger partial charge in [0.1, 0.15) is 5.00 Å². The third-order valence-electron chi connectivity index (χ3n) is 7.57. The largest absolute Gasteiger partial charge is 0.493 e. The minimum atomic E-state index is -0.567. The Kier molecular flexibility index (Phi) is 11.0. The topological polar surface area (TPSA) is 134 Å². The molecule has 242 valence electrons. The zero-order valence-corrected chi connectivity index (χ0v) is 27.9. The zero-order valence-electron chi connectivity index (χ0n) is 26.3. The molecule has 2 N–H and O–H groups in total. The highest BCUT2D eigenvalue weighted by molar-refractivity contribution is 8.00. The molecule has 1 atom stereocenters. The van der Waals surface area contributed by atoms with Crippen LogP contribution < -0.4 is 20.1 Å². The predicted octanol–water partition coefficient (Wildman–Crippen LogP) is 5.51. The first-order valence-corrected chi connectivity index (χ1v) is 16.8. The van der Waals surface area contributed by atoms with E-state index in [0.29, 0.717) is 45.2 Å². The number of anilines is 1. The number of carbonyl (C=O) groups is 3. The fraction of sp³-hybridized carbons (Fsp3) is 0.364. The second-order valence-electron chi connectivity index (χ2n) is 10.6. The number of esters is 1. The van der Waals surface area contributed by atoms with Crippen LogP contribution in [0.1, 0.15) is 69.2 Å². The first-order chi connectivity index (χ1) is 22.3. The second kappa shape index (κ2) is 15.3. The Morgan fingerprint density at radius 2 is 1.78 bits per heavy atom. The quantitative estimate of drug-likeness (QED) is 0.140. The Morgan fingerprint density at radius 3 is 2.52 bits per heavy atom. The molecule has 2 amide bonds. The number of aromatic nitrogens is 3. The van der Waals surface area contributed by atoms with Gasteiger partial charge in [-0.05, 0) is 68.9 Å². The van der Waals surface area contributed by atoms with Gasteiger partial charge in [0.15, 0.2) is 22.5 Å². The lowest BCUT2D eigenvalue weighted by atomic mass is 9.95. The molecule has 5 rings (SSSR count). The number of hydrogen-bond acceptors (Lipinski definition) is 10. The summed E-state index contributed by atoms with van der Waals surface area (Å²) >= 11 is 2.72. The minimum absolute atomic E-state index is 0.109. The van der Waals surface area contributed by atoms with Crippen LogP contribution in [0.3, 0.4) is 0 Å². The number of benzene rings is 2. The Balaban J connectivity index is 1.33. The van der Waals surface area contributed by atoms with Crippen molar-refractivity contribution in [3.63, 3.8) is 0 Å². The molecule has 2 aromatic heterocycles. The molecule has 0 unspecified atom stereocenters. The summed E-state index contributed by atoms with van der Waals surface area (Å²) in [5.41, 5.74) is 2.89. The van der Waals surface area contributed by atoms with Gasteiger partial charge in [0, 0.05) is 10.4 Å². The lowest BCUT2D eigenvalue weighted by molar-refractivity contribution is -0.115. The summed E-state index contributed by atoms with van der Waals surface area (Å²) in [7, 11) is 3.05. The van der Waals surface area contributed by atoms with Crippen molar-refractivity contribution in [1.82, 2.24) is 20.1 Å². The lowest BCUT2D eigenvalue weighted by Gasteiger charge is -2.15. The number of nitrogens with one attached hydrogen (secondary N) is 2. The molecule has 2 heterocycles. The minimum Gasteiger partial charge on any atom is -0.493 e. The molecule has 1 aliphatic rings. The third-order valence-corrected chi connectivity index (χ3v) is 9.86. The Labute approximate surface area is 276 Å². The molecule has 2 aromatic carbocycles. The highest BCUT2D eigenvalue weighted by atomic mass is 32.2. The van der Waals surface area contributed by atoms with E-state index in [1.54, 1.807) is 32.0 Å². The average Bonchev–Trinajstić information content (AvgIpc) is 3.63. The fourth-order valence-electron chi connectivity index (χ4n) is 5.20. The predicted molar refractivity (Wildman–Crippen MR) is 177 cm³/mol. The molecule has 46 heavy (non-hydrogen) atoms. The SMILES string of the molecule is CCOC(=O)c1c(NC(=O)[C@H](C)Sc2nnc(CNC(=O)c3ccc(OC)c(OC)c3)n2Cc2ccccc2)sc2c1CCCC2. The van der Waals surface area contributed by atoms with E-state index in [1.165, 1.54) is 37.3 Å². The number of methoxy groups -OCH3 is 2. The molecule has 0 saturated carbocycles. The number of ether oxygens (including phenoxy) is 3. The van der Waals surface area contributed by atoms with E-state index in [4.69, 9.17) is 14.2 Å². The van der Waals surface area contributed by atoms with Crippen molar-refractivity contribution in [2.24, 2.45) is 0 Å².